The van der Waals surface area contributed by atoms with Crippen molar-refractivity contribution >= 4 is 11.9 Å². The average molecular weight is 381 g/mol. The van der Waals surface area contributed by atoms with Crippen LogP contribution in [0.4, 0.5) is 0 Å². The van der Waals surface area contributed by atoms with Gasteiger partial charge in [0.15, 0.2) is 5.92 Å². The van der Waals surface area contributed by atoms with Crippen LogP contribution in [0.25, 0.3) is 0 Å². The first-order valence-corrected chi connectivity index (χ1v) is 7.94. The zero-order chi connectivity index (χ0) is 20.3. The number of carbonyl (C=O) groups excluding carboxylic acids is 2. The highest BCUT2D eigenvalue weighted by molar-refractivity contribution is 5.95. The lowest BCUT2D eigenvalue weighted by Crippen LogP contribution is -2.42. The number of methoxy groups -OCH3 is 2. The molecule has 1 fully saturated rings. The van der Waals surface area contributed by atoms with E-state index in [1.807, 2.05) is 6.07 Å². The third kappa shape index (κ3) is 3.62. The molecule has 0 aromatic carbocycles. The Hall–Kier alpha value is -2.97. The van der Waals surface area contributed by atoms with Gasteiger partial charge in [-0.05, 0) is 6.92 Å². The van der Waals surface area contributed by atoms with Gasteiger partial charge in [-0.2, -0.15) is 5.26 Å². The number of hydrogen-bond acceptors (Lipinski definition) is 9. The van der Waals surface area contributed by atoms with Crippen molar-refractivity contribution in [3.63, 3.8) is 0 Å². The molecule has 11 heteroatoms. The molecule has 1 saturated heterocycles. The second-order valence-corrected chi connectivity index (χ2v) is 5.98. The monoisotopic (exact) mass is 381 g/mol. The van der Waals surface area contributed by atoms with Crippen LogP contribution >= 0.6 is 0 Å². The van der Waals surface area contributed by atoms with Crippen LogP contribution in [0.1, 0.15) is 11.8 Å². The zero-order valence-corrected chi connectivity index (χ0v) is 14.9. The standard InChI is InChI=1S/C16H19N3O8/c1-7-5-19(16(24)18-12(7)21)13-10(8(4-17)9(6-20)27-13)11(14(22)25-2)15(23)26-3/h5,8-11,13,20H,6H2,1-3H3,(H,18,21,24)/t8-,9+,10-,13+/m0/s1. The van der Waals surface area contributed by atoms with Crippen LogP contribution in [-0.2, 0) is 23.8 Å². The largest absolute Gasteiger partial charge is 0.468 e. The van der Waals surface area contributed by atoms with E-state index in [2.05, 4.69) is 14.5 Å². The zero-order valence-electron chi connectivity index (χ0n) is 14.9. The van der Waals surface area contributed by atoms with E-state index in [1.54, 1.807) is 0 Å². The number of ether oxygens (including phenoxy) is 3. The Morgan fingerprint density at radius 2 is 1.96 bits per heavy atom. The maximum absolute atomic E-state index is 12.3. The number of nitrogens with one attached hydrogen (secondary N) is 1. The molecule has 0 amide bonds. The quantitative estimate of drug-likeness (QED) is 0.454. The molecule has 27 heavy (non-hydrogen) atoms. The number of aryl methyl sites for hydroxylation is 1. The van der Waals surface area contributed by atoms with Gasteiger partial charge in [-0.15, -0.1) is 0 Å². The van der Waals surface area contributed by atoms with Gasteiger partial charge in [0.1, 0.15) is 6.23 Å². The molecule has 2 N–H and O–H groups in total. The van der Waals surface area contributed by atoms with Gasteiger partial charge in [0, 0.05) is 17.7 Å². The summed E-state index contributed by atoms with van der Waals surface area (Å²) in [6.07, 6.45) is -1.17. The van der Waals surface area contributed by atoms with Crippen LogP contribution in [0.15, 0.2) is 15.8 Å². The normalized spacial score (nSPS) is 24.4. The van der Waals surface area contributed by atoms with Crippen molar-refractivity contribution in [2.75, 3.05) is 20.8 Å². The molecule has 2 rings (SSSR count). The van der Waals surface area contributed by atoms with Crippen LogP contribution in [0.5, 0.6) is 0 Å². The highest BCUT2D eigenvalue weighted by Crippen LogP contribution is 2.43. The molecule has 0 radical (unpaired) electrons. The van der Waals surface area contributed by atoms with E-state index < -0.39 is 59.9 Å². The van der Waals surface area contributed by atoms with Crippen LogP contribution < -0.4 is 11.2 Å². The molecule has 0 aliphatic carbocycles. The molecule has 1 aliphatic rings. The lowest BCUT2D eigenvalue weighted by Gasteiger charge is -2.26. The Balaban J connectivity index is 2.67. The summed E-state index contributed by atoms with van der Waals surface area (Å²) in [6, 6.07) is 1.91. The van der Waals surface area contributed by atoms with E-state index in [1.165, 1.54) is 13.1 Å². The van der Waals surface area contributed by atoms with Crippen molar-refractivity contribution in [1.82, 2.24) is 9.55 Å². The molecule has 1 aromatic rings. The lowest BCUT2D eigenvalue weighted by molar-refractivity contribution is -0.164. The van der Waals surface area contributed by atoms with Crippen LogP contribution in [0, 0.1) is 36.0 Å². The second-order valence-electron chi connectivity index (χ2n) is 5.98. The fraction of sp³-hybridized carbons (Fsp3) is 0.562. The fourth-order valence-electron chi connectivity index (χ4n) is 3.17. The number of nitriles is 1. The lowest BCUT2D eigenvalue weighted by atomic mass is 9.80. The molecule has 1 aliphatic heterocycles. The summed E-state index contributed by atoms with van der Waals surface area (Å²) in [5, 5.41) is 19.1. The molecule has 0 bridgehead atoms. The predicted octanol–water partition coefficient (Wildman–Crippen LogP) is -1.55. The van der Waals surface area contributed by atoms with E-state index in [4.69, 9.17) is 4.74 Å². The molecule has 0 saturated carbocycles. The Morgan fingerprint density at radius 1 is 1.37 bits per heavy atom. The topological polar surface area (TPSA) is 161 Å². The maximum Gasteiger partial charge on any atom is 0.330 e. The number of hydrogen-bond donors (Lipinski definition) is 2. The second kappa shape index (κ2) is 8.15. The van der Waals surface area contributed by atoms with E-state index >= 15 is 0 Å². The predicted molar refractivity (Wildman–Crippen MR) is 87.2 cm³/mol. The third-order valence-electron chi connectivity index (χ3n) is 4.50. The van der Waals surface area contributed by atoms with Crippen molar-refractivity contribution in [2.45, 2.75) is 19.3 Å². The van der Waals surface area contributed by atoms with Crippen molar-refractivity contribution in [3.05, 3.63) is 32.6 Å². The Bertz CT molecular complexity index is 867. The molecule has 146 valence electrons. The highest BCUT2D eigenvalue weighted by Gasteiger charge is 2.54. The molecule has 2 heterocycles. The van der Waals surface area contributed by atoms with E-state index in [0.717, 1.165) is 18.8 Å². The number of carbonyl (C=O) groups is 2. The third-order valence-corrected chi connectivity index (χ3v) is 4.50. The molecule has 0 spiro atoms. The first-order chi connectivity index (χ1) is 12.8. The minimum Gasteiger partial charge on any atom is -0.468 e. The number of aromatic nitrogens is 2. The van der Waals surface area contributed by atoms with Crippen molar-refractivity contribution in [3.8, 4) is 6.07 Å². The summed E-state index contributed by atoms with van der Waals surface area (Å²) in [5.74, 6) is -5.86. The first-order valence-electron chi connectivity index (χ1n) is 7.94. The number of nitrogens with zero attached hydrogens (tertiary/aromatic N) is 2. The number of H-pyrrole nitrogens is 1. The van der Waals surface area contributed by atoms with Gasteiger partial charge >= 0.3 is 17.6 Å². The molecule has 4 atom stereocenters. The summed E-state index contributed by atoms with van der Waals surface area (Å²) in [5.41, 5.74) is -1.30. The van der Waals surface area contributed by atoms with E-state index in [0.29, 0.717) is 0 Å². The SMILES string of the molecule is COC(=O)C(C(=O)OC)[C@@H]1[C@@H](C#N)[C@@H](CO)O[C@H]1n1cc(C)c(=O)[nH]c1=O. The van der Waals surface area contributed by atoms with Gasteiger partial charge in [0.25, 0.3) is 5.56 Å². The summed E-state index contributed by atoms with van der Waals surface area (Å²) >= 11 is 0. The fourth-order valence-corrected chi connectivity index (χ4v) is 3.17. The minimum absolute atomic E-state index is 0.172. The van der Waals surface area contributed by atoms with Crippen LogP contribution in [0.3, 0.4) is 0 Å². The van der Waals surface area contributed by atoms with Gasteiger partial charge in [-0.25, -0.2) is 4.79 Å². The van der Waals surface area contributed by atoms with Crippen molar-refractivity contribution < 1.29 is 28.9 Å². The molecule has 1 aromatic heterocycles. The Kier molecular flexibility index (Phi) is 6.14. The van der Waals surface area contributed by atoms with Gasteiger partial charge < -0.3 is 19.3 Å². The van der Waals surface area contributed by atoms with E-state index in [-0.39, 0.29) is 5.56 Å². The van der Waals surface area contributed by atoms with Gasteiger partial charge in [0.2, 0.25) is 0 Å². The highest BCUT2D eigenvalue weighted by atomic mass is 16.5. The molecule has 0 unspecified atom stereocenters. The number of rotatable bonds is 5. The summed E-state index contributed by atoms with van der Waals surface area (Å²) < 4.78 is 15.9. The smallest absolute Gasteiger partial charge is 0.330 e. The minimum atomic E-state index is -1.58. The molecule has 11 nitrogen and oxygen atoms in total. The Labute approximate surface area is 153 Å². The van der Waals surface area contributed by atoms with Gasteiger partial charge in [-0.3, -0.25) is 23.9 Å². The summed E-state index contributed by atoms with van der Waals surface area (Å²) in [7, 11) is 2.12. The summed E-state index contributed by atoms with van der Waals surface area (Å²) in [4.78, 5) is 50.5. The molecular formula is C16H19N3O8. The van der Waals surface area contributed by atoms with E-state index in [9.17, 15) is 29.5 Å². The number of esters is 2. The first kappa shape index (κ1) is 20.3. The number of aliphatic hydroxyl groups is 1. The van der Waals surface area contributed by atoms with Crippen LogP contribution in [-0.4, -0.2) is 53.5 Å². The van der Waals surface area contributed by atoms with Gasteiger partial charge in [0.05, 0.1) is 38.9 Å². The maximum atomic E-state index is 12.3. The van der Waals surface area contributed by atoms with Crippen LogP contribution in [0.2, 0.25) is 0 Å². The van der Waals surface area contributed by atoms with Gasteiger partial charge in [-0.1, -0.05) is 0 Å². The number of aliphatic hydroxyl groups excluding tert-OH is 1. The summed E-state index contributed by atoms with van der Waals surface area (Å²) in [6.45, 7) is 0.861. The van der Waals surface area contributed by atoms with Crippen molar-refractivity contribution in [2.24, 2.45) is 17.8 Å². The molecular weight excluding hydrogens is 362 g/mol. The Morgan fingerprint density at radius 3 is 2.44 bits per heavy atom. The van der Waals surface area contributed by atoms with Crippen molar-refractivity contribution in [1.29, 1.82) is 5.26 Å². The average Bonchev–Trinajstić information content (AvgIpc) is 3.02. The number of aromatic amines is 1.